The van der Waals surface area contributed by atoms with Gasteiger partial charge >= 0.3 is 0 Å². The highest BCUT2D eigenvalue weighted by atomic mass is 35.5. The summed E-state index contributed by atoms with van der Waals surface area (Å²) >= 11 is 6.97. The Hall–Kier alpha value is -2.80. The van der Waals surface area contributed by atoms with E-state index in [2.05, 4.69) is 13.8 Å². The Bertz CT molecular complexity index is 1340. The third-order valence-electron chi connectivity index (χ3n) is 7.03. The molecular formula is C27H29ClF2N4O. The zero-order valence-electron chi connectivity index (χ0n) is 20.4. The van der Waals surface area contributed by atoms with Crippen molar-refractivity contribution in [1.82, 2.24) is 9.78 Å². The normalized spacial score (nSPS) is 23.6. The van der Waals surface area contributed by atoms with Crippen LogP contribution in [0.1, 0.15) is 58.2 Å². The first-order valence-electron chi connectivity index (χ1n) is 12.0. The average molecular weight is 499 g/mol. The molecule has 2 atom stereocenters. The van der Waals surface area contributed by atoms with Crippen LogP contribution in [0.25, 0.3) is 10.9 Å². The fourth-order valence-electron chi connectivity index (χ4n) is 5.13. The number of hydrogen-bond acceptors (Lipinski definition) is 4. The lowest BCUT2D eigenvalue weighted by molar-refractivity contribution is 0.232. The molecule has 5 rings (SSSR count). The maximum absolute atomic E-state index is 14.8. The van der Waals surface area contributed by atoms with Gasteiger partial charge in [-0.15, -0.1) is 0 Å². The number of fused-ring (bicyclic) bond motifs is 2. The second kappa shape index (κ2) is 8.70. The molecule has 1 saturated carbocycles. The van der Waals surface area contributed by atoms with Gasteiger partial charge in [-0.1, -0.05) is 43.6 Å². The minimum Gasteiger partial charge on any atom is -0.494 e. The summed E-state index contributed by atoms with van der Waals surface area (Å²) in [5.41, 5.74) is 2.46. The molecule has 8 heteroatoms. The monoisotopic (exact) mass is 498 g/mol. The lowest BCUT2D eigenvalue weighted by atomic mass is 9.68. The molecule has 1 fully saturated rings. The van der Waals surface area contributed by atoms with Gasteiger partial charge in [0.15, 0.2) is 5.84 Å². The Morgan fingerprint density at radius 1 is 1.14 bits per heavy atom. The van der Waals surface area contributed by atoms with Gasteiger partial charge in [0.2, 0.25) is 0 Å². The first-order valence-corrected chi connectivity index (χ1v) is 12.4. The van der Waals surface area contributed by atoms with E-state index in [0.717, 1.165) is 35.9 Å². The maximum Gasteiger partial charge on any atom is 0.177 e. The van der Waals surface area contributed by atoms with Crippen LogP contribution in [0.15, 0.2) is 46.4 Å². The standard InChI is InChI=1S/C27H29ClF2N4O/c1-5-35-16-12-20(29)18(21(30)13-16)15-34-23-9-7-6-8-17(23)24(33-34)25-31-22-10-11-26(2,3)14-19(22)27(4,28)32-25/h6-9,12-13,19H,5,10-11,14-15H2,1-4H3. The Morgan fingerprint density at radius 2 is 1.86 bits per heavy atom. The van der Waals surface area contributed by atoms with Crippen LogP contribution in [0.5, 0.6) is 5.75 Å². The van der Waals surface area contributed by atoms with E-state index in [-0.39, 0.29) is 29.2 Å². The van der Waals surface area contributed by atoms with Crippen molar-refractivity contribution < 1.29 is 13.5 Å². The van der Waals surface area contributed by atoms with E-state index in [9.17, 15) is 8.78 Å². The molecule has 2 aromatic carbocycles. The van der Waals surface area contributed by atoms with Crippen LogP contribution in [-0.4, -0.2) is 32.9 Å². The van der Waals surface area contributed by atoms with Crippen LogP contribution in [0.3, 0.4) is 0 Å². The summed E-state index contributed by atoms with van der Waals surface area (Å²) in [6.45, 7) is 8.45. The highest BCUT2D eigenvalue weighted by molar-refractivity contribution is 6.28. The van der Waals surface area contributed by atoms with Crippen molar-refractivity contribution in [1.29, 1.82) is 0 Å². The maximum atomic E-state index is 14.8. The van der Waals surface area contributed by atoms with Gasteiger partial charge < -0.3 is 4.74 Å². The van der Waals surface area contributed by atoms with Crippen molar-refractivity contribution >= 4 is 34.1 Å². The lowest BCUT2D eigenvalue weighted by Crippen LogP contribution is -2.44. The first kappa shape index (κ1) is 23.9. The van der Waals surface area contributed by atoms with Crippen LogP contribution in [0.2, 0.25) is 0 Å². The summed E-state index contributed by atoms with van der Waals surface area (Å²) in [6.07, 6.45) is 2.82. The number of ether oxygens (including phenoxy) is 1. The van der Waals surface area contributed by atoms with Gasteiger partial charge in [-0.25, -0.2) is 18.8 Å². The van der Waals surface area contributed by atoms with E-state index in [0.29, 0.717) is 18.1 Å². The quantitative estimate of drug-likeness (QED) is 0.289. The molecule has 2 heterocycles. The van der Waals surface area contributed by atoms with Crippen molar-refractivity contribution in [3.63, 3.8) is 0 Å². The van der Waals surface area contributed by atoms with Gasteiger partial charge in [0.1, 0.15) is 28.1 Å². The SMILES string of the molecule is CCOc1cc(F)c(Cn2nc(C3=NC(C)(Cl)C4CC(C)(C)CCC4=N3)c3ccccc32)c(F)c1. The number of benzene rings is 2. The Balaban J connectivity index is 1.56. The summed E-state index contributed by atoms with van der Waals surface area (Å²) in [7, 11) is 0. The fourth-order valence-corrected chi connectivity index (χ4v) is 5.42. The van der Waals surface area contributed by atoms with Crippen LogP contribution in [0.4, 0.5) is 8.78 Å². The topological polar surface area (TPSA) is 51.8 Å². The Labute approximate surface area is 208 Å². The van der Waals surface area contributed by atoms with Gasteiger partial charge in [-0.2, -0.15) is 5.10 Å². The molecule has 0 N–H and O–H groups in total. The summed E-state index contributed by atoms with van der Waals surface area (Å²) in [4.78, 5) is 8.91. The molecule has 2 aliphatic rings. The molecule has 35 heavy (non-hydrogen) atoms. The second-order valence-electron chi connectivity index (χ2n) is 10.3. The highest BCUT2D eigenvalue weighted by Crippen LogP contribution is 2.46. The molecule has 1 aromatic heterocycles. The van der Waals surface area contributed by atoms with Crippen molar-refractivity contribution in [2.75, 3.05) is 6.61 Å². The molecule has 0 saturated heterocycles. The molecule has 184 valence electrons. The van der Waals surface area contributed by atoms with E-state index in [1.165, 1.54) is 12.1 Å². The lowest BCUT2D eigenvalue weighted by Gasteiger charge is -2.43. The number of amidine groups is 1. The van der Waals surface area contributed by atoms with Crippen molar-refractivity contribution in [2.24, 2.45) is 21.3 Å². The van der Waals surface area contributed by atoms with Gasteiger partial charge in [0.05, 0.1) is 18.7 Å². The number of halogens is 3. The number of nitrogens with zero attached hydrogens (tertiary/aromatic N) is 4. The van der Waals surface area contributed by atoms with Gasteiger partial charge in [0.25, 0.3) is 0 Å². The molecule has 0 amide bonds. The number of aliphatic imine (C=N–C) groups is 2. The Morgan fingerprint density at radius 3 is 2.57 bits per heavy atom. The zero-order chi connectivity index (χ0) is 25.0. The number of alkyl halides is 1. The fraction of sp³-hybridized carbons (Fsp3) is 0.444. The molecule has 0 bridgehead atoms. The van der Waals surface area contributed by atoms with E-state index in [4.69, 9.17) is 31.4 Å². The van der Waals surface area contributed by atoms with Gasteiger partial charge in [0, 0.05) is 34.7 Å². The first-order chi connectivity index (χ1) is 16.6. The van der Waals surface area contributed by atoms with Crippen molar-refractivity contribution in [2.45, 2.75) is 58.5 Å². The summed E-state index contributed by atoms with van der Waals surface area (Å²) in [5, 5.41) is 5.55. The van der Waals surface area contributed by atoms with Crippen molar-refractivity contribution in [3.05, 3.63) is 59.3 Å². The summed E-state index contributed by atoms with van der Waals surface area (Å²) in [6, 6.07) is 9.97. The number of aromatic nitrogens is 2. The second-order valence-corrected chi connectivity index (χ2v) is 11.1. The minimum absolute atomic E-state index is 0.0667. The molecule has 2 unspecified atom stereocenters. The number of para-hydroxylation sites is 1. The number of hydrogen-bond donors (Lipinski definition) is 0. The van der Waals surface area contributed by atoms with Crippen LogP contribution in [0, 0.1) is 23.0 Å². The van der Waals surface area contributed by atoms with Crippen molar-refractivity contribution in [3.8, 4) is 5.75 Å². The summed E-state index contributed by atoms with van der Waals surface area (Å²) in [5.74, 6) is -0.652. The van der Waals surface area contributed by atoms with Crippen LogP contribution in [-0.2, 0) is 6.54 Å². The van der Waals surface area contributed by atoms with Crippen LogP contribution < -0.4 is 4.74 Å². The molecule has 0 radical (unpaired) electrons. The van der Waals surface area contributed by atoms with Gasteiger partial charge in [-0.3, -0.25) is 4.68 Å². The highest BCUT2D eigenvalue weighted by Gasteiger charge is 2.45. The van der Waals surface area contributed by atoms with Crippen LogP contribution >= 0.6 is 11.6 Å². The number of rotatable bonds is 5. The molecular weight excluding hydrogens is 470 g/mol. The molecule has 3 aromatic rings. The summed E-state index contributed by atoms with van der Waals surface area (Å²) < 4.78 is 36.5. The van der Waals surface area contributed by atoms with Gasteiger partial charge in [-0.05, 0) is 44.6 Å². The van der Waals surface area contributed by atoms with E-state index in [1.54, 1.807) is 11.6 Å². The zero-order valence-corrected chi connectivity index (χ0v) is 21.2. The average Bonchev–Trinajstić information content (AvgIpc) is 3.15. The smallest absolute Gasteiger partial charge is 0.177 e. The third-order valence-corrected chi connectivity index (χ3v) is 7.38. The Kier molecular flexibility index (Phi) is 5.94. The molecule has 0 spiro atoms. The van der Waals surface area contributed by atoms with E-state index >= 15 is 0 Å². The van der Waals surface area contributed by atoms with E-state index < -0.39 is 16.6 Å². The predicted octanol–water partition coefficient (Wildman–Crippen LogP) is 6.74. The molecule has 5 nitrogen and oxygen atoms in total. The third kappa shape index (κ3) is 4.46. The largest absolute Gasteiger partial charge is 0.494 e. The van der Waals surface area contributed by atoms with E-state index in [1.807, 2.05) is 31.2 Å². The molecule has 1 aliphatic carbocycles. The molecule has 1 aliphatic heterocycles. The minimum atomic E-state index is -0.831. The predicted molar refractivity (Wildman–Crippen MR) is 136 cm³/mol.